The lowest BCUT2D eigenvalue weighted by atomic mass is 9.89. The van der Waals surface area contributed by atoms with Crippen LogP contribution in [0.1, 0.15) is 31.2 Å². The molecule has 4 heterocycles. The number of carbonyl (C=O) groups is 1. The summed E-state index contributed by atoms with van der Waals surface area (Å²) >= 11 is 1.48. The van der Waals surface area contributed by atoms with Crippen LogP contribution in [-0.4, -0.2) is 52.0 Å². The molecule has 0 spiro atoms. The summed E-state index contributed by atoms with van der Waals surface area (Å²) in [6, 6.07) is 9.92. The highest BCUT2D eigenvalue weighted by molar-refractivity contribution is 7.22. The summed E-state index contributed by atoms with van der Waals surface area (Å²) in [4.78, 5) is 27.0. The Morgan fingerprint density at radius 2 is 2.19 bits per heavy atom. The summed E-state index contributed by atoms with van der Waals surface area (Å²) in [5.74, 6) is 1.31. The van der Waals surface area contributed by atoms with Gasteiger partial charge in [-0.15, -0.1) is 0 Å². The molecule has 1 aliphatic heterocycles. The van der Waals surface area contributed by atoms with Crippen LogP contribution in [0.2, 0.25) is 0 Å². The number of thiazole rings is 1. The molecule has 0 unspecified atom stereocenters. The van der Waals surface area contributed by atoms with Gasteiger partial charge in [-0.05, 0) is 74.7 Å². The zero-order valence-electron chi connectivity index (χ0n) is 17.4. The molecule has 0 atom stereocenters. The van der Waals surface area contributed by atoms with E-state index >= 15 is 0 Å². The van der Waals surface area contributed by atoms with Gasteiger partial charge < -0.3 is 15.0 Å². The van der Waals surface area contributed by atoms with Crippen molar-refractivity contribution in [3.63, 3.8) is 0 Å². The smallest absolute Gasteiger partial charge is 0.240 e. The van der Waals surface area contributed by atoms with E-state index in [1.165, 1.54) is 22.3 Å². The van der Waals surface area contributed by atoms with E-state index in [9.17, 15) is 4.79 Å². The SMILES string of the molecule is CCOc1ccc2nc(NC(=O)CN3CCC(c4c[nH]c5ncccc45)CC3)sc2c1. The standard InChI is InChI=1S/C23H25N5O2S/c1-2-30-16-5-6-19-20(12-16)31-23(26-19)27-21(29)14-28-10-7-15(8-11-28)18-13-25-22-17(18)4-3-9-24-22/h3-6,9,12-13,15H,2,7-8,10-11,14H2,1H3,(H,24,25)(H,26,27,29). The van der Waals surface area contributed by atoms with E-state index in [4.69, 9.17) is 4.74 Å². The number of likely N-dealkylation sites (tertiary alicyclic amines) is 1. The number of aromatic nitrogens is 3. The molecule has 4 aromatic rings. The number of benzene rings is 1. The lowest BCUT2D eigenvalue weighted by Crippen LogP contribution is -2.38. The van der Waals surface area contributed by atoms with Gasteiger partial charge in [-0.25, -0.2) is 9.97 Å². The molecule has 0 saturated carbocycles. The maximum atomic E-state index is 12.6. The number of hydrogen-bond donors (Lipinski definition) is 2. The molecule has 0 radical (unpaired) electrons. The first-order valence-electron chi connectivity index (χ1n) is 10.7. The number of aromatic amines is 1. The van der Waals surface area contributed by atoms with Crippen molar-refractivity contribution in [2.24, 2.45) is 0 Å². The zero-order chi connectivity index (χ0) is 21.2. The molecule has 1 aliphatic rings. The number of anilines is 1. The summed E-state index contributed by atoms with van der Waals surface area (Å²) in [6.07, 6.45) is 5.98. The zero-order valence-corrected chi connectivity index (χ0v) is 18.2. The number of hydrogen-bond acceptors (Lipinski definition) is 6. The summed E-state index contributed by atoms with van der Waals surface area (Å²) in [5, 5.41) is 4.81. The van der Waals surface area contributed by atoms with Crippen LogP contribution in [0, 0.1) is 0 Å². The number of amides is 1. The molecule has 0 bridgehead atoms. The van der Waals surface area contributed by atoms with Crippen molar-refractivity contribution in [1.82, 2.24) is 19.9 Å². The van der Waals surface area contributed by atoms with Gasteiger partial charge in [0.2, 0.25) is 5.91 Å². The van der Waals surface area contributed by atoms with Crippen LogP contribution < -0.4 is 10.1 Å². The second-order valence-corrected chi connectivity index (χ2v) is 8.85. The predicted molar refractivity (Wildman–Crippen MR) is 124 cm³/mol. The molecule has 1 amide bonds. The minimum Gasteiger partial charge on any atom is -0.494 e. The number of ether oxygens (including phenoxy) is 1. The topological polar surface area (TPSA) is 83.1 Å². The molecular weight excluding hydrogens is 410 g/mol. The third kappa shape index (κ3) is 4.26. The molecule has 7 nitrogen and oxygen atoms in total. The van der Waals surface area contributed by atoms with Gasteiger partial charge in [-0.1, -0.05) is 11.3 Å². The molecular formula is C23H25N5O2S. The van der Waals surface area contributed by atoms with Crippen molar-refractivity contribution in [2.45, 2.75) is 25.7 Å². The fraction of sp³-hybridized carbons (Fsp3) is 0.348. The summed E-state index contributed by atoms with van der Waals surface area (Å²) in [6.45, 7) is 4.79. The van der Waals surface area contributed by atoms with E-state index in [-0.39, 0.29) is 5.91 Å². The third-order valence-corrected chi connectivity index (χ3v) is 6.73. The van der Waals surface area contributed by atoms with Crippen molar-refractivity contribution < 1.29 is 9.53 Å². The Hall–Kier alpha value is -2.97. The van der Waals surface area contributed by atoms with Crippen LogP contribution in [0.4, 0.5) is 5.13 Å². The molecule has 1 aromatic carbocycles. The molecule has 5 rings (SSSR count). The van der Waals surface area contributed by atoms with Gasteiger partial charge in [0.1, 0.15) is 11.4 Å². The van der Waals surface area contributed by atoms with Crippen molar-refractivity contribution in [3.8, 4) is 5.75 Å². The van der Waals surface area contributed by atoms with Crippen LogP contribution in [0.3, 0.4) is 0 Å². The number of carbonyl (C=O) groups excluding carboxylic acids is 1. The maximum Gasteiger partial charge on any atom is 0.240 e. The first-order chi connectivity index (χ1) is 15.2. The van der Waals surface area contributed by atoms with Crippen LogP contribution in [0.25, 0.3) is 21.3 Å². The Morgan fingerprint density at radius 3 is 3.03 bits per heavy atom. The molecule has 2 N–H and O–H groups in total. The van der Waals surface area contributed by atoms with E-state index < -0.39 is 0 Å². The summed E-state index contributed by atoms with van der Waals surface area (Å²) in [5.41, 5.74) is 3.16. The quantitative estimate of drug-likeness (QED) is 0.469. The first kappa shape index (κ1) is 20.0. The lowest BCUT2D eigenvalue weighted by Gasteiger charge is -2.31. The molecule has 3 aromatic heterocycles. The number of rotatable bonds is 6. The molecule has 1 saturated heterocycles. The van der Waals surface area contributed by atoms with E-state index in [1.807, 2.05) is 37.4 Å². The fourth-order valence-corrected chi connectivity index (χ4v) is 5.20. The van der Waals surface area contributed by atoms with Crippen LogP contribution in [0.15, 0.2) is 42.7 Å². The minimum absolute atomic E-state index is 0.0150. The monoisotopic (exact) mass is 435 g/mol. The van der Waals surface area contributed by atoms with Gasteiger partial charge >= 0.3 is 0 Å². The van der Waals surface area contributed by atoms with Gasteiger partial charge in [0, 0.05) is 17.8 Å². The molecule has 31 heavy (non-hydrogen) atoms. The van der Waals surface area contributed by atoms with Crippen molar-refractivity contribution in [2.75, 3.05) is 31.6 Å². The van der Waals surface area contributed by atoms with Gasteiger partial charge in [-0.3, -0.25) is 9.69 Å². The van der Waals surface area contributed by atoms with E-state index in [1.54, 1.807) is 0 Å². The fourth-order valence-electron chi connectivity index (χ4n) is 4.29. The Balaban J connectivity index is 1.17. The minimum atomic E-state index is -0.0150. The highest BCUT2D eigenvalue weighted by Crippen LogP contribution is 2.33. The van der Waals surface area contributed by atoms with Crippen LogP contribution in [0.5, 0.6) is 5.75 Å². The van der Waals surface area contributed by atoms with Gasteiger partial charge in [-0.2, -0.15) is 0 Å². The predicted octanol–water partition coefficient (Wildman–Crippen LogP) is 4.39. The Kier molecular flexibility index (Phi) is 5.57. The Labute approximate surface area is 184 Å². The second kappa shape index (κ2) is 8.64. The Bertz CT molecular complexity index is 1210. The maximum absolute atomic E-state index is 12.6. The van der Waals surface area contributed by atoms with Gasteiger partial charge in [0.25, 0.3) is 0 Å². The van der Waals surface area contributed by atoms with Gasteiger partial charge in [0.05, 0.1) is 23.4 Å². The van der Waals surface area contributed by atoms with E-state index in [0.717, 1.165) is 47.5 Å². The second-order valence-electron chi connectivity index (χ2n) is 7.82. The largest absolute Gasteiger partial charge is 0.494 e. The number of nitrogens with one attached hydrogen (secondary N) is 2. The number of pyridine rings is 1. The van der Waals surface area contributed by atoms with E-state index in [0.29, 0.717) is 24.2 Å². The average molecular weight is 436 g/mol. The summed E-state index contributed by atoms with van der Waals surface area (Å²) in [7, 11) is 0. The van der Waals surface area contributed by atoms with Crippen molar-refractivity contribution in [3.05, 3.63) is 48.3 Å². The van der Waals surface area contributed by atoms with Crippen molar-refractivity contribution >= 4 is 43.6 Å². The Morgan fingerprint density at radius 1 is 1.32 bits per heavy atom. The number of H-pyrrole nitrogens is 1. The van der Waals surface area contributed by atoms with Crippen molar-refractivity contribution in [1.29, 1.82) is 0 Å². The van der Waals surface area contributed by atoms with E-state index in [2.05, 4.69) is 37.4 Å². The number of nitrogens with zero attached hydrogens (tertiary/aromatic N) is 3. The molecule has 0 aliphatic carbocycles. The average Bonchev–Trinajstić information content (AvgIpc) is 3.38. The lowest BCUT2D eigenvalue weighted by molar-refractivity contribution is -0.117. The molecule has 1 fully saturated rings. The number of piperidine rings is 1. The molecule has 160 valence electrons. The third-order valence-electron chi connectivity index (χ3n) is 5.79. The molecule has 8 heteroatoms. The first-order valence-corrected chi connectivity index (χ1v) is 11.5. The number of fused-ring (bicyclic) bond motifs is 2. The van der Waals surface area contributed by atoms with Gasteiger partial charge in [0.15, 0.2) is 5.13 Å². The van der Waals surface area contributed by atoms with Crippen LogP contribution in [-0.2, 0) is 4.79 Å². The normalized spacial score (nSPS) is 15.5. The van der Waals surface area contributed by atoms with Crippen LogP contribution >= 0.6 is 11.3 Å². The summed E-state index contributed by atoms with van der Waals surface area (Å²) < 4.78 is 6.55. The highest BCUT2D eigenvalue weighted by atomic mass is 32.1. The highest BCUT2D eigenvalue weighted by Gasteiger charge is 2.24.